The van der Waals surface area contributed by atoms with Gasteiger partial charge in [-0.05, 0) is 24.3 Å². The van der Waals surface area contributed by atoms with E-state index in [1.165, 1.54) is 12.1 Å². The molecule has 1 aliphatic rings. The summed E-state index contributed by atoms with van der Waals surface area (Å²) in [4.78, 5) is 25.6. The Balaban J connectivity index is 1.86. The fourth-order valence-electron chi connectivity index (χ4n) is 2.40. The van der Waals surface area contributed by atoms with Crippen LogP contribution in [-0.2, 0) is 9.59 Å². The summed E-state index contributed by atoms with van der Waals surface area (Å²) in [5.74, 6) is -1.28. The second-order valence-corrected chi connectivity index (χ2v) is 5.31. The third-order valence-electron chi connectivity index (χ3n) is 3.44. The number of anilines is 2. The molecule has 0 aliphatic carbocycles. The van der Waals surface area contributed by atoms with Gasteiger partial charge in [0.05, 0.1) is 22.8 Å². The average molecular weight is 319 g/mol. The van der Waals surface area contributed by atoms with Crippen molar-refractivity contribution >= 4 is 34.8 Å². The van der Waals surface area contributed by atoms with Crippen molar-refractivity contribution in [3.8, 4) is 0 Å². The molecule has 1 atom stereocenters. The van der Waals surface area contributed by atoms with E-state index < -0.39 is 17.8 Å². The largest absolute Gasteiger partial charge is 0.371 e. The molecule has 3 rings (SSSR count). The van der Waals surface area contributed by atoms with Gasteiger partial charge in [0.15, 0.2) is 0 Å². The van der Waals surface area contributed by atoms with Crippen LogP contribution in [0.3, 0.4) is 0 Å². The quantitative estimate of drug-likeness (QED) is 0.884. The first-order valence-electron chi connectivity index (χ1n) is 6.70. The van der Waals surface area contributed by atoms with E-state index in [1.54, 1.807) is 36.4 Å². The van der Waals surface area contributed by atoms with Crippen LogP contribution >= 0.6 is 11.6 Å². The second-order valence-electron chi connectivity index (χ2n) is 4.90. The van der Waals surface area contributed by atoms with E-state index in [2.05, 4.69) is 5.32 Å². The predicted octanol–water partition coefficient (Wildman–Crippen LogP) is 3.22. The summed E-state index contributed by atoms with van der Waals surface area (Å²) in [6.45, 7) is 0. The Morgan fingerprint density at radius 2 is 1.77 bits per heavy atom. The number of hydrogen-bond acceptors (Lipinski definition) is 3. The summed E-state index contributed by atoms with van der Waals surface area (Å²) in [5, 5.41) is 3.09. The van der Waals surface area contributed by atoms with Crippen molar-refractivity contribution < 1.29 is 14.0 Å². The molecule has 0 spiro atoms. The molecule has 0 bridgehead atoms. The van der Waals surface area contributed by atoms with Gasteiger partial charge in [-0.15, -0.1) is 0 Å². The monoisotopic (exact) mass is 318 g/mol. The highest BCUT2D eigenvalue weighted by Crippen LogP contribution is 2.31. The summed E-state index contributed by atoms with van der Waals surface area (Å²) in [7, 11) is 0. The highest BCUT2D eigenvalue weighted by molar-refractivity contribution is 6.36. The average Bonchev–Trinajstić information content (AvgIpc) is 2.77. The van der Waals surface area contributed by atoms with Crippen molar-refractivity contribution in [2.75, 3.05) is 10.2 Å². The van der Waals surface area contributed by atoms with Crippen molar-refractivity contribution in [3.63, 3.8) is 0 Å². The molecule has 2 aromatic rings. The van der Waals surface area contributed by atoms with Crippen molar-refractivity contribution in [1.29, 1.82) is 0 Å². The predicted molar refractivity (Wildman–Crippen MR) is 82.4 cm³/mol. The van der Waals surface area contributed by atoms with Crippen molar-refractivity contribution in [1.82, 2.24) is 0 Å². The summed E-state index contributed by atoms with van der Waals surface area (Å²) in [5.41, 5.74) is 0.534. The van der Waals surface area contributed by atoms with Gasteiger partial charge in [-0.3, -0.25) is 9.59 Å². The van der Waals surface area contributed by atoms with Gasteiger partial charge in [0.1, 0.15) is 11.9 Å². The molecule has 2 aromatic carbocycles. The van der Waals surface area contributed by atoms with Crippen LogP contribution in [0.15, 0.2) is 48.5 Å². The summed E-state index contributed by atoms with van der Waals surface area (Å²) < 4.78 is 13.7. The normalized spacial score (nSPS) is 17.9. The molecule has 6 heteroatoms. The maximum absolute atomic E-state index is 13.7. The number of carbonyl (C=O) groups excluding carboxylic acids is 2. The highest BCUT2D eigenvalue weighted by Gasteiger charge is 2.40. The van der Waals surface area contributed by atoms with Gasteiger partial charge < -0.3 is 5.32 Å². The number of nitrogens with one attached hydrogen (secondary N) is 1. The molecule has 112 valence electrons. The van der Waals surface area contributed by atoms with Gasteiger partial charge in [-0.2, -0.15) is 0 Å². The smallest absolute Gasteiger partial charge is 0.256 e. The number of hydrogen-bond donors (Lipinski definition) is 1. The lowest BCUT2D eigenvalue weighted by Gasteiger charge is -2.17. The lowest BCUT2D eigenvalue weighted by Crippen LogP contribution is -2.35. The zero-order chi connectivity index (χ0) is 15.7. The van der Waals surface area contributed by atoms with E-state index in [0.29, 0.717) is 10.7 Å². The van der Waals surface area contributed by atoms with E-state index in [-0.39, 0.29) is 18.0 Å². The SMILES string of the molecule is O=C1C[C@@H](Nc2ccccc2F)C(=O)N1c1ccccc1Cl. The molecule has 22 heavy (non-hydrogen) atoms. The van der Waals surface area contributed by atoms with Gasteiger partial charge in [-0.25, -0.2) is 9.29 Å². The minimum atomic E-state index is -0.805. The Labute approximate surface area is 131 Å². The molecule has 4 nitrogen and oxygen atoms in total. The maximum atomic E-state index is 13.7. The van der Waals surface area contributed by atoms with E-state index in [0.717, 1.165) is 4.90 Å². The van der Waals surface area contributed by atoms with Crippen LogP contribution in [0.4, 0.5) is 15.8 Å². The van der Waals surface area contributed by atoms with E-state index in [1.807, 2.05) is 0 Å². The molecule has 1 saturated heterocycles. The van der Waals surface area contributed by atoms with Gasteiger partial charge >= 0.3 is 0 Å². The lowest BCUT2D eigenvalue weighted by molar-refractivity contribution is -0.121. The van der Waals surface area contributed by atoms with Crippen molar-refractivity contribution in [2.45, 2.75) is 12.5 Å². The third kappa shape index (κ3) is 2.55. The molecule has 0 radical (unpaired) electrons. The number of benzene rings is 2. The zero-order valence-electron chi connectivity index (χ0n) is 11.4. The van der Waals surface area contributed by atoms with Crippen LogP contribution in [-0.4, -0.2) is 17.9 Å². The Bertz CT molecular complexity index is 750. The summed E-state index contributed by atoms with van der Waals surface area (Å²) in [6.07, 6.45) is -0.0433. The number of rotatable bonds is 3. The molecule has 1 heterocycles. The third-order valence-corrected chi connectivity index (χ3v) is 3.76. The Morgan fingerprint density at radius 3 is 2.50 bits per heavy atom. The molecule has 0 unspecified atom stereocenters. The number of nitrogens with zero attached hydrogens (tertiary/aromatic N) is 1. The number of carbonyl (C=O) groups is 2. The first-order valence-corrected chi connectivity index (χ1v) is 7.08. The molecular formula is C16H12ClFN2O2. The van der Waals surface area contributed by atoms with Gasteiger partial charge in [0.25, 0.3) is 5.91 Å². The zero-order valence-corrected chi connectivity index (χ0v) is 12.2. The van der Waals surface area contributed by atoms with Gasteiger partial charge in [0.2, 0.25) is 5.91 Å². The molecule has 2 amide bonds. The van der Waals surface area contributed by atoms with Crippen LogP contribution < -0.4 is 10.2 Å². The van der Waals surface area contributed by atoms with Crippen LogP contribution in [0.25, 0.3) is 0 Å². The van der Waals surface area contributed by atoms with E-state index >= 15 is 0 Å². The Morgan fingerprint density at radius 1 is 1.09 bits per heavy atom. The summed E-state index contributed by atoms with van der Waals surface area (Å²) >= 11 is 6.04. The van der Waals surface area contributed by atoms with Crippen LogP contribution in [0.1, 0.15) is 6.42 Å². The number of para-hydroxylation sites is 2. The van der Waals surface area contributed by atoms with Crippen LogP contribution in [0, 0.1) is 5.82 Å². The van der Waals surface area contributed by atoms with E-state index in [4.69, 9.17) is 11.6 Å². The molecular weight excluding hydrogens is 307 g/mol. The lowest BCUT2D eigenvalue weighted by atomic mass is 10.2. The second kappa shape index (κ2) is 5.77. The highest BCUT2D eigenvalue weighted by atomic mass is 35.5. The first kappa shape index (κ1) is 14.5. The molecule has 0 aromatic heterocycles. The fourth-order valence-corrected chi connectivity index (χ4v) is 2.62. The summed E-state index contributed by atoms with van der Waals surface area (Å²) in [6, 6.07) is 11.8. The van der Waals surface area contributed by atoms with Crippen molar-refractivity contribution in [2.24, 2.45) is 0 Å². The number of halogens is 2. The first-order chi connectivity index (χ1) is 10.6. The molecule has 1 N–H and O–H groups in total. The minimum absolute atomic E-state index is 0.0433. The van der Waals surface area contributed by atoms with Crippen LogP contribution in [0.5, 0.6) is 0 Å². The van der Waals surface area contributed by atoms with Crippen molar-refractivity contribution in [3.05, 3.63) is 59.4 Å². The molecule has 0 saturated carbocycles. The minimum Gasteiger partial charge on any atom is -0.371 e. The molecule has 1 fully saturated rings. The van der Waals surface area contributed by atoms with Gasteiger partial charge in [0, 0.05) is 0 Å². The topological polar surface area (TPSA) is 49.4 Å². The number of amides is 2. The van der Waals surface area contributed by atoms with Gasteiger partial charge in [-0.1, -0.05) is 35.9 Å². The standard InChI is InChI=1S/C16H12ClFN2O2/c17-10-5-1-4-8-14(10)20-15(21)9-13(16(20)22)19-12-7-3-2-6-11(12)18/h1-8,13,19H,9H2/t13-/m1/s1. The van der Waals surface area contributed by atoms with E-state index in [9.17, 15) is 14.0 Å². The Kier molecular flexibility index (Phi) is 3.81. The molecule has 1 aliphatic heterocycles. The number of imide groups is 1. The van der Waals surface area contributed by atoms with Crippen LogP contribution in [0.2, 0.25) is 5.02 Å². The maximum Gasteiger partial charge on any atom is 0.256 e. The fraction of sp³-hybridized carbons (Fsp3) is 0.125. The Hall–Kier alpha value is -2.40.